The Hall–Kier alpha value is -1.55. The van der Waals surface area contributed by atoms with Crippen LogP contribution < -0.4 is 5.73 Å². The first-order chi connectivity index (χ1) is 7.61. The number of nitrogens with two attached hydrogens (primary N) is 1. The molecule has 0 saturated heterocycles. The molecule has 5 heteroatoms. The Morgan fingerprint density at radius 3 is 2.81 bits per heavy atom. The molecule has 2 rings (SSSR count). The molecule has 0 aliphatic carbocycles. The van der Waals surface area contributed by atoms with Crippen LogP contribution in [0.4, 0.5) is 0 Å². The van der Waals surface area contributed by atoms with E-state index in [0.29, 0.717) is 10.7 Å². The third-order valence-corrected chi connectivity index (χ3v) is 2.93. The quantitative estimate of drug-likeness (QED) is 0.855. The van der Waals surface area contributed by atoms with Gasteiger partial charge in [-0.3, -0.25) is 4.79 Å². The molecule has 1 aliphatic rings. The number of carbonyl (C=O) groups excluding carboxylic acids is 1. The zero-order valence-electron chi connectivity index (χ0n) is 8.68. The van der Waals surface area contributed by atoms with Crippen molar-refractivity contribution >= 4 is 23.2 Å². The molecule has 1 aromatic rings. The van der Waals surface area contributed by atoms with Crippen molar-refractivity contribution in [1.82, 2.24) is 0 Å². The molecule has 16 heavy (non-hydrogen) atoms. The van der Waals surface area contributed by atoms with Crippen LogP contribution in [0.15, 0.2) is 29.4 Å². The van der Waals surface area contributed by atoms with E-state index in [0.717, 1.165) is 5.56 Å². The topological polar surface area (TPSA) is 64.7 Å². The maximum atomic E-state index is 11.3. The Labute approximate surface area is 98.0 Å². The Balaban J connectivity index is 2.37. The molecular formula is C11H11ClN2O2. The van der Waals surface area contributed by atoms with Crippen molar-refractivity contribution in [3.05, 3.63) is 34.9 Å². The predicted octanol–water partition coefficient (Wildman–Crippen LogP) is 1.89. The summed E-state index contributed by atoms with van der Waals surface area (Å²) in [6, 6.07) is 7.19. The van der Waals surface area contributed by atoms with E-state index >= 15 is 0 Å². The monoisotopic (exact) mass is 238 g/mol. The van der Waals surface area contributed by atoms with Gasteiger partial charge in [-0.25, -0.2) is 0 Å². The largest absolute Gasteiger partial charge is 0.386 e. The van der Waals surface area contributed by atoms with Crippen molar-refractivity contribution in [2.24, 2.45) is 16.8 Å². The van der Waals surface area contributed by atoms with E-state index in [4.69, 9.17) is 22.2 Å². The highest BCUT2D eigenvalue weighted by atomic mass is 35.5. The van der Waals surface area contributed by atoms with Gasteiger partial charge in [0.05, 0.1) is 5.71 Å². The smallest absolute Gasteiger partial charge is 0.230 e. The standard InChI is InChI=1S/C11H11ClN2O2/c1-6-9(11(13)15)10(16-14-6)7-4-2-3-5-8(7)12/h2-5,9-10H,1H3,(H2,13,15). The molecule has 0 saturated carbocycles. The van der Waals surface area contributed by atoms with Crippen LogP contribution in [-0.2, 0) is 9.63 Å². The van der Waals surface area contributed by atoms with Gasteiger partial charge in [-0.2, -0.15) is 0 Å². The van der Waals surface area contributed by atoms with E-state index in [1.165, 1.54) is 0 Å². The number of halogens is 1. The number of oxime groups is 1. The Morgan fingerprint density at radius 2 is 2.19 bits per heavy atom. The molecule has 4 nitrogen and oxygen atoms in total. The highest BCUT2D eigenvalue weighted by Gasteiger charge is 2.38. The van der Waals surface area contributed by atoms with Crippen LogP contribution >= 0.6 is 11.6 Å². The van der Waals surface area contributed by atoms with Crippen LogP contribution in [-0.4, -0.2) is 11.6 Å². The number of hydrogen-bond acceptors (Lipinski definition) is 3. The maximum absolute atomic E-state index is 11.3. The first-order valence-corrected chi connectivity index (χ1v) is 5.23. The normalized spacial score (nSPS) is 23.8. The average molecular weight is 239 g/mol. The summed E-state index contributed by atoms with van der Waals surface area (Å²) in [4.78, 5) is 16.5. The lowest BCUT2D eigenvalue weighted by atomic mass is 9.92. The first-order valence-electron chi connectivity index (χ1n) is 4.85. The second kappa shape index (κ2) is 4.14. The number of rotatable bonds is 2. The van der Waals surface area contributed by atoms with Crippen LogP contribution in [0, 0.1) is 5.92 Å². The van der Waals surface area contributed by atoms with Crippen LogP contribution in [0.3, 0.4) is 0 Å². The molecule has 0 spiro atoms. The van der Waals surface area contributed by atoms with Gasteiger partial charge in [0.2, 0.25) is 5.91 Å². The molecule has 2 unspecified atom stereocenters. The lowest BCUT2D eigenvalue weighted by molar-refractivity contribution is -0.122. The Kier molecular flexibility index (Phi) is 2.83. The summed E-state index contributed by atoms with van der Waals surface area (Å²) in [5, 5.41) is 4.34. The molecule has 84 valence electrons. The molecule has 2 atom stereocenters. The van der Waals surface area contributed by atoms with E-state index in [1.54, 1.807) is 19.1 Å². The summed E-state index contributed by atoms with van der Waals surface area (Å²) in [6.07, 6.45) is -0.508. The fraction of sp³-hybridized carbons (Fsp3) is 0.273. The van der Waals surface area contributed by atoms with Crippen molar-refractivity contribution in [3.8, 4) is 0 Å². The SMILES string of the molecule is CC1=NOC(c2ccccc2Cl)C1C(N)=O. The molecule has 1 aromatic carbocycles. The van der Waals surface area contributed by atoms with E-state index in [1.807, 2.05) is 12.1 Å². The minimum atomic E-state index is -0.542. The Bertz CT molecular complexity index is 459. The highest BCUT2D eigenvalue weighted by molar-refractivity contribution is 6.31. The fourth-order valence-corrected chi connectivity index (χ4v) is 2.02. The van der Waals surface area contributed by atoms with Gasteiger partial charge in [-0.1, -0.05) is 35.0 Å². The Morgan fingerprint density at radius 1 is 1.50 bits per heavy atom. The van der Waals surface area contributed by atoms with E-state index in [9.17, 15) is 4.79 Å². The van der Waals surface area contributed by atoms with Crippen molar-refractivity contribution in [3.63, 3.8) is 0 Å². The molecule has 0 radical (unpaired) electrons. The number of benzene rings is 1. The lowest BCUT2D eigenvalue weighted by Gasteiger charge is -2.16. The van der Waals surface area contributed by atoms with Crippen LogP contribution in [0.2, 0.25) is 5.02 Å². The number of nitrogens with zero attached hydrogens (tertiary/aromatic N) is 1. The van der Waals surface area contributed by atoms with Gasteiger partial charge in [-0.05, 0) is 13.0 Å². The zero-order valence-corrected chi connectivity index (χ0v) is 9.44. The van der Waals surface area contributed by atoms with E-state index in [2.05, 4.69) is 5.16 Å². The molecular weight excluding hydrogens is 228 g/mol. The van der Waals surface area contributed by atoms with Crippen molar-refractivity contribution in [2.75, 3.05) is 0 Å². The number of hydrogen-bond donors (Lipinski definition) is 1. The van der Waals surface area contributed by atoms with Gasteiger partial charge < -0.3 is 10.6 Å². The minimum absolute atomic E-state index is 0.455. The summed E-state index contributed by atoms with van der Waals surface area (Å²) in [5.74, 6) is -0.997. The number of amides is 1. The zero-order chi connectivity index (χ0) is 11.7. The molecule has 0 bridgehead atoms. The molecule has 2 N–H and O–H groups in total. The minimum Gasteiger partial charge on any atom is -0.386 e. The summed E-state index contributed by atoms with van der Waals surface area (Å²) >= 11 is 6.04. The lowest BCUT2D eigenvalue weighted by Crippen LogP contribution is -2.31. The predicted molar refractivity (Wildman–Crippen MR) is 61.1 cm³/mol. The average Bonchev–Trinajstić information content (AvgIpc) is 2.61. The van der Waals surface area contributed by atoms with E-state index < -0.39 is 17.9 Å². The fourth-order valence-electron chi connectivity index (χ4n) is 1.77. The third kappa shape index (κ3) is 1.76. The van der Waals surface area contributed by atoms with Crippen molar-refractivity contribution in [2.45, 2.75) is 13.0 Å². The molecule has 1 aliphatic heterocycles. The highest BCUT2D eigenvalue weighted by Crippen LogP contribution is 2.36. The van der Waals surface area contributed by atoms with Gasteiger partial charge in [-0.15, -0.1) is 0 Å². The summed E-state index contributed by atoms with van der Waals surface area (Å²) in [6.45, 7) is 1.71. The van der Waals surface area contributed by atoms with Crippen LogP contribution in [0.1, 0.15) is 18.6 Å². The van der Waals surface area contributed by atoms with Gasteiger partial charge >= 0.3 is 0 Å². The number of primary amides is 1. The van der Waals surface area contributed by atoms with E-state index in [-0.39, 0.29) is 0 Å². The second-order valence-electron chi connectivity index (χ2n) is 3.66. The van der Waals surface area contributed by atoms with Gasteiger partial charge in [0, 0.05) is 10.6 Å². The van der Waals surface area contributed by atoms with Crippen molar-refractivity contribution < 1.29 is 9.63 Å². The second-order valence-corrected chi connectivity index (χ2v) is 4.07. The third-order valence-electron chi connectivity index (χ3n) is 2.58. The van der Waals surface area contributed by atoms with Gasteiger partial charge in [0.15, 0.2) is 6.10 Å². The summed E-state index contributed by atoms with van der Waals surface area (Å²) in [5.41, 5.74) is 6.63. The maximum Gasteiger partial charge on any atom is 0.230 e. The summed E-state index contributed by atoms with van der Waals surface area (Å²) in [7, 11) is 0. The number of carbonyl (C=O) groups is 1. The van der Waals surface area contributed by atoms with Crippen LogP contribution in [0.5, 0.6) is 0 Å². The first kappa shape index (κ1) is 11.0. The molecule has 1 amide bonds. The van der Waals surface area contributed by atoms with Crippen LogP contribution in [0.25, 0.3) is 0 Å². The van der Waals surface area contributed by atoms with Crippen molar-refractivity contribution in [1.29, 1.82) is 0 Å². The molecule has 1 heterocycles. The van der Waals surface area contributed by atoms with Gasteiger partial charge in [0.1, 0.15) is 5.92 Å². The summed E-state index contributed by atoms with van der Waals surface area (Å²) < 4.78 is 0. The molecule has 0 fully saturated rings. The van der Waals surface area contributed by atoms with Gasteiger partial charge in [0.25, 0.3) is 0 Å². The molecule has 0 aromatic heterocycles.